The van der Waals surface area contributed by atoms with Crippen molar-refractivity contribution in [3.63, 3.8) is 0 Å². The summed E-state index contributed by atoms with van der Waals surface area (Å²) in [6.45, 7) is 7.25. The molecule has 1 amide bonds. The van der Waals surface area contributed by atoms with Gasteiger partial charge in [-0.15, -0.1) is 0 Å². The number of ether oxygens (including phenoxy) is 1. The van der Waals surface area contributed by atoms with Crippen molar-refractivity contribution in [2.24, 2.45) is 11.3 Å². The molecule has 2 aliphatic rings. The van der Waals surface area contributed by atoms with Crippen LogP contribution in [0.2, 0.25) is 0 Å². The number of hydrogen-bond acceptors (Lipinski definition) is 6. The van der Waals surface area contributed by atoms with E-state index in [1.807, 2.05) is 20.8 Å². The van der Waals surface area contributed by atoms with Gasteiger partial charge >= 0.3 is 5.97 Å². The molecule has 1 aromatic rings. The van der Waals surface area contributed by atoms with Crippen LogP contribution in [-0.4, -0.2) is 68.1 Å². The maximum Gasteiger partial charge on any atom is 0.309 e. The molecule has 0 atom stereocenters. The Hall–Kier alpha value is -2.26. The van der Waals surface area contributed by atoms with Crippen molar-refractivity contribution < 1.29 is 27.5 Å². The van der Waals surface area contributed by atoms with Crippen LogP contribution < -0.4 is 0 Å². The molecule has 9 heteroatoms. The molecule has 0 spiro atoms. The number of nitrogens with zero attached hydrogens (tertiary/aromatic N) is 2. The monoisotopic (exact) mass is 464 g/mol. The highest BCUT2D eigenvalue weighted by Crippen LogP contribution is 2.25. The minimum atomic E-state index is -3.53. The number of Topliss-reactive ketones (excluding diaryl/α,β-unsaturated/α-hetero) is 1. The van der Waals surface area contributed by atoms with E-state index < -0.39 is 28.0 Å². The van der Waals surface area contributed by atoms with Crippen LogP contribution in [0.5, 0.6) is 0 Å². The smallest absolute Gasteiger partial charge is 0.309 e. The van der Waals surface area contributed by atoms with Crippen molar-refractivity contribution in [1.82, 2.24) is 9.21 Å². The standard InChI is InChI=1S/C23H32N2O6S/c1-23(2,3)22(28)24-14-10-18(11-15-24)21(27)31-16-20(26)17-6-8-19(9-7-17)32(29,30)25-12-4-5-13-25/h6-9,18H,4-5,10-16H2,1-3H3. The normalized spacial score (nSPS) is 18.5. The van der Waals surface area contributed by atoms with Gasteiger partial charge in [0.1, 0.15) is 0 Å². The number of piperidine rings is 1. The van der Waals surface area contributed by atoms with Crippen LogP contribution in [0.4, 0.5) is 0 Å². The maximum atomic E-state index is 12.6. The Labute approximate surface area is 190 Å². The molecule has 0 aromatic heterocycles. The van der Waals surface area contributed by atoms with Crippen LogP contribution in [0.15, 0.2) is 29.2 Å². The summed E-state index contributed by atoms with van der Waals surface area (Å²) in [5.41, 5.74) is -0.160. The minimum Gasteiger partial charge on any atom is -0.457 e. The van der Waals surface area contributed by atoms with Crippen LogP contribution in [0.3, 0.4) is 0 Å². The third-order valence-corrected chi connectivity index (χ3v) is 7.89. The fourth-order valence-electron chi connectivity index (χ4n) is 4.02. The Kier molecular flexibility index (Phi) is 7.39. The van der Waals surface area contributed by atoms with E-state index in [1.54, 1.807) is 4.90 Å². The van der Waals surface area contributed by atoms with E-state index in [2.05, 4.69) is 0 Å². The van der Waals surface area contributed by atoms with Crippen molar-refractivity contribution in [2.45, 2.75) is 51.3 Å². The van der Waals surface area contributed by atoms with E-state index >= 15 is 0 Å². The first kappa shape index (κ1) is 24.4. The molecule has 0 radical (unpaired) electrons. The summed E-state index contributed by atoms with van der Waals surface area (Å²) < 4.78 is 31.8. The number of hydrogen-bond donors (Lipinski definition) is 0. The fourth-order valence-corrected chi connectivity index (χ4v) is 5.54. The van der Waals surface area contributed by atoms with E-state index in [9.17, 15) is 22.8 Å². The molecule has 32 heavy (non-hydrogen) atoms. The largest absolute Gasteiger partial charge is 0.457 e. The first-order chi connectivity index (χ1) is 15.0. The zero-order valence-electron chi connectivity index (χ0n) is 19.0. The first-order valence-electron chi connectivity index (χ1n) is 11.1. The van der Waals surface area contributed by atoms with Gasteiger partial charge in [0.05, 0.1) is 10.8 Å². The van der Waals surface area contributed by atoms with E-state index in [-0.39, 0.29) is 22.5 Å². The summed E-state index contributed by atoms with van der Waals surface area (Å²) in [5, 5.41) is 0. The predicted octanol–water partition coefficient (Wildman–Crippen LogP) is 2.48. The van der Waals surface area contributed by atoms with Gasteiger partial charge < -0.3 is 9.64 Å². The molecular weight excluding hydrogens is 432 g/mol. The molecule has 0 aliphatic carbocycles. The molecule has 8 nitrogen and oxygen atoms in total. The zero-order chi connectivity index (χ0) is 23.5. The number of rotatable bonds is 6. The highest BCUT2D eigenvalue weighted by atomic mass is 32.2. The second-order valence-corrected chi connectivity index (χ2v) is 11.4. The fraction of sp³-hybridized carbons (Fsp3) is 0.609. The number of amides is 1. The molecular formula is C23H32N2O6S. The van der Waals surface area contributed by atoms with Gasteiger partial charge in [0, 0.05) is 37.2 Å². The summed E-state index contributed by atoms with van der Waals surface area (Å²) in [6, 6.07) is 5.75. The van der Waals surface area contributed by atoms with Crippen LogP contribution in [0.1, 0.15) is 56.8 Å². The minimum absolute atomic E-state index is 0.0645. The summed E-state index contributed by atoms with van der Waals surface area (Å²) in [6.07, 6.45) is 2.73. The van der Waals surface area contributed by atoms with Gasteiger partial charge in [-0.2, -0.15) is 4.31 Å². The molecule has 3 rings (SSSR count). The molecule has 0 N–H and O–H groups in total. The van der Waals surface area contributed by atoms with E-state index in [0.29, 0.717) is 44.6 Å². The van der Waals surface area contributed by atoms with Crippen LogP contribution in [-0.2, 0) is 24.3 Å². The van der Waals surface area contributed by atoms with Crippen molar-refractivity contribution in [2.75, 3.05) is 32.8 Å². The average molecular weight is 465 g/mol. The van der Waals surface area contributed by atoms with E-state index in [1.165, 1.54) is 28.6 Å². The summed E-state index contributed by atoms with van der Waals surface area (Å²) >= 11 is 0. The van der Waals surface area contributed by atoms with Gasteiger partial charge in [0.25, 0.3) is 0 Å². The second-order valence-electron chi connectivity index (χ2n) is 9.48. The topological polar surface area (TPSA) is 101 Å². The van der Waals surface area contributed by atoms with Crippen LogP contribution in [0.25, 0.3) is 0 Å². The quantitative estimate of drug-likeness (QED) is 0.474. The van der Waals surface area contributed by atoms with Crippen molar-refractivity contribution in [1.29, 1.82) is 0 Å². The molecule has 2 heterocycles. The maximum absolute atomic E-state index is 12.6. The zero-order valence-corrected chi connectivity index (χ0v) is 19.8. The third kappa shape index (κ3) is 5.56. The summed E-state index contributed by atoms with van der Waals surface area (Å²) in [4.78, 5) is 39.1. The Morgan fingerprint density at radius 3 is 2.06 bits per heavy atom. The Balaban J connectivity index is 1.49. The van der Waals surface area contributed by atoms with Gasteiger partial charge in [0.15, 0.2) is 12.4 Å². The number of esters is 1. The molecule has 176 valence electrons. The van der Waals surface area contributed by atoms with Crippen molar-refractivity contribution in [3.05, 3.63) is 29.8 Å². The summed E-state index contributed by atoms with van der Waals surface area (Å²) in [5.74, 6) is -1.09. The van der Waals surface area contributed by atoms with Gasteiger partial charge in [-0.25, -0.2) is 8.42 Å². The third-order valence-electron chi connectivity index (χ3n) is 5.98. The SMILES string of the molecule is CC(C)(C)C(=O)N1CCC(C(=O)OCC(=O)c2ccc(S(=O)(=O)N3CCCC3)cc2)CC1. The molecule has 2 saturated heterocycles. The van der Waals surface area contributed by atoms with E-state index in [4.69, 9.17) is 4.74 Å². The lowest BCUT2D eigenvalue weighted by atomic mass is 9.91. The highest BCUT2D eigenvalue weighted by Gasteiger charge is 2.33. The van der Waals surface area contributed by atoms with Gasteiger partial charge in [-0.05, 0) is 49.9 Å². The summed E-state index contributed by atoms with van der Waals surface area (Å²) in [7, 11) is -3.53. The van der Waals surface area contributed by atoms with Crippen molar-refractivity contribution in [3.8, 4) is 0 Å². The number of carbonyl (C=O) groups excluding carboxylic acids is 3. The highest BCUT2D eigenvalue weighted by molar-refractivity contribution is 7.89. The van der Waals surface area contributed by atoms with Crippen LogP contribution in [0, 0.1) is 11.3 Å². The number of sulfonamides is 1. The lowest BCUT2D eigenvalue weighted by Crippen LogP contribution is -2.45. The molecule has 2 aliphatic heterocycles. The average Bonchev–Trinajstić information content (AvgIpc) is 3.32. The first-order valence-corrected chi connectivity index (χ1v) is 12.5. The number of ketones is 1. The van der Waals surface area contributed by atoms with Crippen molar-refractivity contribution >= 4 is 27.7 Å². The van der Waals surface area contributed by atoms with Gasteiger partial charge in [0.2, 0.25) is 15.9 Å². The molecule has 2 fully saturated rings. The Morgan fingerprint density at radius 2 is 1.53 bits per heavy atom. The number of benzene rings is 1. The number of carbonyl (C=O) groups is 3. The van der Waals surface area contributed by atoms with Gasteiger partial charge in [-0.1, -0.05) is 20.8 Å². The molecule has 0 bridgehead atoms. The Bertz CT molecular complexity index is 951. The molecule has 0 unspecified atom stereocenters. The lowest BCUT2D eigenvalue weighted by molar-refractivity contribution is -0.152. The van der Waals surface area contributed by atoms with E-state index in [0.717, 1.165) is 12.8 Å². The molecule has 1 aromatic carbocycles. The predicted molar refractivity (Wildman–Crippen MR) is 118 cm³/mol. The second kappa shape index (κ2) is 9.70. The Morgan fingerprint density at radius 1 is 0.969 bits per heavy atom. The molecule has 0 saturated carbocycles. The van der Waals surface area contributed by atoms with Crippen LogP contribution >= 0.6 is 0 Å². The lowest BCUT2D eigenvalue weighted by Gasteiger charge is -2.34. The number of likely N-dealkylation sites (tertiary alicyclic amines) is 1. The van der Waals surface area contributed by atoms with Gasteiger partial charge in [-0.3, -0.25) is 14.4 Å².